The van der Waals surface area contributed by atoms with Crippen molar-refractivity contribution < 1.29 is 0 Å². The predicted molar refractivity (Wildman–Crippen MR) is 93.7 cm³/mol. The Morgan fingerprint density at radius 2 is 1.90 bits per heavy atom. The molecule has 0 heterocycles. The Kier molecular flexibility index (Phi) is 5.85. The average molecular weight is 282 g/mol. The number of hydrogen-bond donors (Lipinski definition) is 0. The van der Waals surface area contributed by atoms with Crippen LogP contribution in [-0.4, -0.2) is 0 Å². The van der Waals surface area contributed by atoms with Crippen molar-refractivity contribution in [1.82, 2.24) is 0 Å². The molecule has 1 fully saturated rings. The van der Waals surface area contributed by atoms with Crippen LogP contribution >= 0.6 is 0 Å². The molecule has 1 atom stereocenters. The number of rotatable bonds is 6. The van der Waals surface area contributed by atoms with Crippen LogP contribution in [0.25, 0.3) is 0 Å². The van der Waals surface area contributed by atoms with Crippen LogP contribution in [-0.2, 0) is 6.42 Å². The van der Waals surface area contributed by atoms with E-state index >= 15 is 0 Å². The van der Waals surface area contributed by atoms with Gasteiger partial charge in [0.05, 0.1) is 0 Å². The molecule has 0 aromatic heterocycles. The van der Waals surface area contributed by atoms with Gasteiger partial charge in [0.25, 0.3) is 0 Å². The van der Waals surface area contributed by atoms with E-state index in [-0.39, 0.29) is 0 Å². The van der Waals surface area contributed by atoms with E-state index in [9.17, 15) is 0 Å². The van der Waals surface area contributed by atoms with Gasteiger partial charge in [0.2, 0.25) is 0 Å². The standard InChI is InChI=1S/C21H30/c1-5-18-12-9-13-20(15-18)21(16(2)3)17(4)14-19-10-7-6-8-11-19/h9,12-13,15,19,21H,2,4-8,10-11,14H2,1,3H3. The zero-order valence-electron chi connectivity index (χ0n) is 13.8. The van der Waals surface area contributed by atoms with Crippen molar-refractivity contribution in [3.05, 3.63) is 59.7 Å². The highest BCUT2D eigenvalue weighted by molar-refractivity contribution is 5.38. The lowest BCUT2D eigenvalue weighted by Crippen LogP contribution is -2.11. The molecule has 1 unspecified atom stereocenters. The van der Waals surface area contributed by atoms with Gasteiger partial charge < -0.3 is 0 Å². The Morgan fingerprint density at radius 3 is 2.52 bits per heavy atom. The first-order valence-electron chi connectivity index (χ1n) is 8.53. The van der Waals surface area contributed by atoms with Crippen LogP contribution in [0.3, 0.4) is 0 Å². The molecule has 1 aromatic carbocycles. The molecule has 0 spiro atoms. The molecule has 114 valence electrons. The minimum absolute atomic E-state index is 0.332. The van der Waals surface area contributed by atoms with Gasteiger partial charge in [-0.05, 0) is 36.8 Å². The fraction of sp³-hybridized carbons (Fsp3) is 0.524. The molecule has 1 aromatic rings. The van der Waals surface area contributed by atoms with E-state index in [1.807, 2.05) is 0 Å². The third-order valence-electron chi connectivity index (χ3n) is 4.87. The quantitative estimate of drug-likeness (QED) is 0.527. The number of allylic oxidation sites excluding steroid dienone is 2. The molecular formula is C21H30. The molecule has 0 N–H and O–H groups in total. The third-order valence-corrected chi connectivity index (χ3v) is 4.87. The summed E-state index contributed by atoms with van der Waals surface area (Å²) in [6.07, 6.45) is 9.26. The summed E-state index contributed by atoms with van der Waals surface area (Å²) in [6, 6.07) is 8.97. The highest BCUT2D eigenvalue weighted by Crippen LogP contribution is 2.37. The molecule has 0 amide bonds. The van der Waals surface area contributed by atoms with Gasteiger partial charge in [0.15, 0.2) is 0 Å². The molecule has 21 heavy (non-hydrogen) atoms. The highest BCUT2D eigenvalue weighted by Gasteiger charge is 2.21. The molecule has 0 aliphatic heterocycles. The van der Waals surface area contributed by atoms with E-state index in [4.69, 9.17) is 0 Å². The fourth-order valence-corrected chi connectivity index (χ4v) is 3.74. The van der Waals surface area contributed by atoms with Crippen molar-refractivity contribution in [3.8, 4) is 0 Å². The van der Waals surface area contributed by atoms with Gasteiger partial charge in [0, 0.05) is 5.92 Å². The average Bonchev–Trinajstić information content (AvgIpc) is 2.48. The van der Waals surface area contributed by atoms with Crippen molar-refractivity contribution in [2.45, 2.75) is 64.7 Å². The fourth-order valence-electron chi connectivity index (χ4n) is 3.74. The highest BCUT2D eigenvalue weighted by atomic mass is 14.3. The number of aryl methyl sites for hydroxylation is 1. The van der Waals surface area contributed by atoms with Crippen LogP contribution in [0.1, 0.15) is 69.4 Å². The monoisotopic (exact) mass is 282 g/mol. The minimum Gasteiger partial charge on any atom is -0.0992 e. The molecule has 1 saturated carbocycles. The minimum atomic E-state index is 0.332. The van der Waals surface area contributed by atoms with Crippen LogP contribution in [0, 0.1) is 5.92 Å². The van der Waals surface area contributed by atoms with Crippen LogP contribution in [0.5, 0.6) is 0 Å². The topological polar surface area (TPSA) is 0 Å². The molecule has 0 nitrogen and oxygen atoms in total. The maximum absolute atomic E-state index is 4.44. The zero-order valence-corrected chi connectivity index (χ0v) is 13.8. The lowest BCUT2D eigenvalue weighted by atomic mass is 9.78. The van der Waals surface area contributed by atoms with Crippen molar-refractivity contribution in [3.63, 3.8) is 0 Å². The Hall–Kier alpha value is -1.30. The Labute approximate surface area is 131 Å². The van der Waals surface area contributed by atoms with Gasteiger partial charge in [-0.1, -0.05) is 87.6 Å². The first-order chi connectivity index (χ1) is 10.1. The van der Waals surface area contributed by atoms with E-state index in [1.165, 1.54) is 60.8 Å². The van der Waals surface area contributed by atoms with Crippen molar-refractivity contribution >= 4 is 0 Å². The predicted octanol–water partition coefficient (Wildman–Crippen LogP) is 6.44. The van der Waals surface area contributed by atoms with Crippen LogP contribution in [0.2, 0.25) is 0 Å². The lowest BCUT2D eigenvalue weighted by molar-refractivity contribution is 0.353. The smallest absolute Gasteiger partial charge is 0.0250 e. The maximum atomic E-state index is 4.44. The summed E-state index contributed by atoms with van der Waals surface area (Å²) in [7, 11) is 0. The summed E-state index contributed by atoms with van der Waals surface area (Å²) < 4.78 is 0. The molecule has 2 rings (SSSR count). The van der Waals surface area contributed by atoms with Gasteiger partial charge in [-0.3, -0.25) is 0 Å². The summed E-state index contributed by atoms with van der Waals surface area (Å²) in [5.41, 5.74) is 5.37. The summed E-state index contributed by atoms with van der Waals surface area (Å²) in [5, 5.41) is 0. The number of hydrogen-bond acceptors (Lipinski definition) is 0. The van der Waals surface area contributed by atoms with Gasteiger partial charge in [0.1, 0.15) is 0 Å². The molecule has 0 saturated heterocycles. The SMILES string of the molecule is C=C(C)C(C(=C)CC1CCCCC1)c1cccc(CC)c1. The number of benzene rings is 1. The van der Waals surface area contributed by atoms with E-state index < -0.39 is 0 Å². The first-order valence-corrected chi connectivity index (χ1v) is 8.53. The van der Waals surface area contributed by atoms with Gasteiger partial charge in [-0.2, -0.15) is 0 Å². The molecule has 0 bridgehead atoms. The Bertz CT molecular complexity index is 489. The largest absolute Gasteiger partial charge is 0.0992 e. The second kappa shape index (κ2) is 7.64. The molecular weight excluding hydrogens is 252 g/mol. The van der Waals surface area contributed by atoms with Gasteiger partial charge in [-0.15, -0.1) is 0 Å². The van der Waals surface area contributed by atoms with E-state index in [2.05, 4.69) is 51.3 Å². The van der Waals surface area contributed by atoms with Crippen molar-refractivity contribution in [2.24, 2.45) is 5.92 Å². The summed E-state index contributed by atoms with van der Waals surface area (Å²) in [4.78, 5) is 0. The second-order valence-corrected chi connectivity index (χ2v) is 6.74. The van der Waals surface area contributed by atoms with E-state index in [1.54, 1.807) is 0 Å². The molecule has 1 aliphatic carbocycles. The molecule has 1 aliphatic rings. The summed E-state index contributed by atoms with van der Waals surface area (Å²) in [5.74, 6) is 1.18. The lowest BCUT2D eigenvalue weighted by Gasteiger charge is -2.27. The van der Waals surface area contributed by atoms with Gasteiger partial charge in [-0.25, -0.2) is 0 Å². The first kappa shape index (κ1) is 16.1. The van der Waals surface area contributed by atoms with Crippen LogP contribution in [0.4, 0.5) is 0 Å². The van der Waals surface area contributed by atoms with Crippen LogP contribution in [0.15, 0.2) is 48.6 Å². The van der Waals surface area contributed by atoms with E-state index in [0.717, 1.165) is 12.3 Å². The maximum Gasteiger partial charge on any atom is 0.0250 e. The normalized spacial score (nSPS) is 17.4. The zero-order chi connectivity index (χ0) is 15.2. The van der Waals surface area contributed by atoms with E-state index in [0.29, 0.717) is 5.92 Å². The van der Waals surface area contributed by atoms with Gasteiger partial charge >= 0.3 is 0 Å². The Balaban J connectivity index is 2.13. The third kappa shape index (κ3) is 4.33. The Morgan fingerprint density at radius 1 is 1.19 bits per heavy atom. The molecule has 0 heteroatoms. The summed E-state index contributed by atoms with van der Waals surface area (Å²) >= 11 is 0. The van der Waals surface area contributed by atoms with Crippen molar-refractivity contribution in [1.29, 1.82) is 0 Å². The second-order valence-electron chi connectivity index (χ2n) is 6.74. The van der Waals surface area contributed by atoms with Crippen LogP contribution < -0.4 is 0 Å². The van der Waals surface area contributed by atoms with Crippen molar-refractivity contribution in [2.75, 3.05) is 0 Å². The summed E-state index contributed by atoms with van der Waals surface area (Å²) in [6.45, 7) is 13.0. The molecule has 0 radical (unpaired) electrons.